The van der Waals surface area contributed by atoms with E-state index in [0.717, 1.165) is 10.4 Å². The first-order chi connectivity index (χ1) is 11.2. The Morgan fingerprint density at radius 2 is 1.74 bits per heavy atom. The van der Waals surface area contributed by atoms with E-state index in [-0.39, 0.29) is 5.91 Å². The molecular weight excluding hydrogens is 326 g/mol. The highest BCUT2D eigenvalue weighted by molar-refractivity contribution is 7.11. The van der Waals surface area contributed by atoms with E-state index in [9.17, 15) is 4.79 Å². The summed E-state index contributed by atoms with van der Waals surface area (Å²) in [7, 11) is 0. The second kappa shape index (κ2) is 7.27. The van der Waals surface area contributed by atoms with Crippen LogP contribution < -0.4 is 5.32 Å². The van der Waals surface area contributed by atoms with Crippen molar-refractivity contribution in [3.63, 3.8) is 0 Å². The van der Waals surface area contributed by atoms with Crippen LogP contribution >= 0.6 is 22.9 Å². The highest BCUT2D eigenvalue weighted by atomic mass is 35.5. The summed E-state index contributed by atoms with van der Waals surface area (Å²) in [5.41, 5.74) is 2.94. The van der Waals surface area contributed by atoms with Crippen molar-refractivity contribution in [2.45, 2.75) is 0 Å². The number of halogens is 1. The second-order valence-electron chi connectivity index (χ2n) is 4.91. The van der Waals surface area contributed by atoms with Crippen molar-refractivity contribution < 1.29 is 4.79 Å². The van der Waals surface area contributed by atoms with E-state index < -0.39 is 0 Å². The monoisotopic (exact) mass is 339 g/mol. The summed E-state index contributed by atoms with van der Waals surface area (Å²) in [6.45, 7) is 0. The number of benzene rings is 2. The van der Waals surface area contributed by atoms with Gasteiger partial charge in [0.15, 0.2) is 0 Å². The Labute approximate surface area is 144 Å². The number of hydrogen-bond acceptors (Lipinski definition) is 2. The predicted octanol–water partition coefficient (Wildman–Crippen LogP) is 5.72. The summed E-state index contributed by atoms with van der Waals surface area (Å²) in [5.74, 6) is -0.201. The van der Waals surface area contributed by atoms with Gasteiger partial charge in [-0.15, -0.1) is 11.3 Å². The van der Waals surface area contributed by atoms with E-state index in [2.05, 4.69) is 28.9 Å². The van der Waals surface area contributed by atoms with Gasteiger partial charge in [-0.1, -0.05) is 54.1 Å². The van der Waals surface area contributed by atoms with E-state index in [1.165, 1.54) is 11.6 Å². The molecule has 1 aromatic heterocycles. The molecule has 0 unspecified atom stereocenters. The molecule has 0 aliphatic heterocycles. The third-order valence-electron chi connectivity index (χ3n) is 3.26. The van der Waals surface area contributed by atoms with Gasteiger partial charge < -0.3 is 5.32 Å². The summed E-state index contributed by atoms with van der Waals surface area (Å²) in [4.78, 5) is 13.0. The molecular formula is C19H14ClNOS. The normalized spacial score (nSPS) is 10.8. The number of carbonyl (C=O) groups excluding carboxylic acids is 1. The highest BCUT2D eigenvalue weighted by Gasteiger charge is 2.03. The lowest BCUT2D eigenvalue weighted by molar-refractivity contribution is -0.111. The summed E-state index contributed by atoms with van der Waals surface area (Å²) < 4.78 is 0. The standard InChI is InChI=1S/C19H14ClNOS/c20-17-8-4-5-9-18(17)21-19(22)11-10-16-12-15(13-23-16)14-6-2-1-3-7-14/h1-13H,(H,21,22)/b11-10+. The maximum absolute atomic E-state index is 12.0. The van der Waals surface area contributed by atoms with Crippen molar-refractivity contribution >= 4 is 40.6 Å². The van der Waals surface area contributed by atoms with Crippen LogP contribution in [0.5, 0.6) is 0 Å². The minimum atomic E-state index is -0.201. The molecule has 1 N–H and O–H groups in total. The number of nitrogens with one attached hydrogen (secondary N) is 1. The molecule has 0 aliphatic rings. The van der Waals surface area contributed by atoms with Gasteiger partial charge in [-0.25, -0.2) is 0 Å². The molecule has 114 valence electrons. The van der Waals surface area contributed by atoms with Crippen LogP contribution in [0.4, 0.5) is 5.69 Å². The van der Waals surface area contributed by atoms with Gasteiger partial charge in [-0.05, 0) is 40.8 Å². The summed E-state index contributed by atoms with van der Waals surface area (Å²) in [5, 5.41) is 5.37. The highest BCUT2D eigenvalue weighted by Crippen LogP contribution is 2.26. The van der Waals surface area contributed by atoms with E-state index in [1.54, 1.807) is 23.5 Å². The first kappa shape index (κ1) is 15.5. The fraction of sp³-hybridized carbons (Fsp3) is 0. The zero-order valence-corrected chi connectivity index (χ0v) is 13.8. The minimum Gasteiger partial charge on any atom is -0.321 e. The molecule has 4 heteroatoms. The number of amides is 1. The Morgan fingerprint density at radius 1 is 1.00 bits per heavy atom. The fourth-order valence-electron chi connectivity index (χ4n) is 2.12. The lowest BCUT2D eigenvalue weighted by Gasteiger charge is -2.03. The number of para-hydroxylation sites is 1. The van der Waals surface area contributed by atoms with Gasteiger partial charge in [-0.3, -0.25) is 4.79 Å². The number of hydrogen-bond donors (Lipinski definition) is 1. The van der Waals surface area contributed by atoms with Crippen LogP contribution in [0.15, 0.2) is 72.1 Å². The number of thiophene rings is 1. The van der Waals surface area contributed by atoms with Crippen molar-refractivity contribution in [2.24, 2.45) is 0 Å². The second-order valence-corrected chi connectivity index (χ2v) is 6.26. The van der Waals surface area contributed by atoms with Gasteiger partial charge in [0, 0.05) is 11.0 Å². The maximum Gasteiger partial charge on any atom is 0.248 e. The molecule has 0 saturated heterocycles. The summed E-state index contributed by atoms with van der Waals surface area (Å²) >= 11 is 7.62. The lowest BCUT2D eigenvalue weighted by Crippen LogP contribution is -2.07. The summed E-state index contributed by atoms with van der Waals surface area (Å²) in [6, 6.07) is 19.4. The van der Waals surface area contributed by atoms with Crippen molar-refractivity contribution in [1.29, 1.82) is 0 Å². The zero-order valence-electron chi connectivity index (χ0n) is 12.2. The average Bonchev–Trinajstić information content (AvgIpc) is 3.05. The van der Waals surface area contributed by atoms with Crippen LogP contribution in [0.25, 0.3) is 17.2 Å². The third-order valence-corrected chi connectivity index (χ3v) is 4.49. The Hall–Kier alpha value is -2.36. The molecule has 0 fully saturated rings. The molecule has 0 spiro atoms. The van der Waals surface area contributed by atoms with Gasteiger partial charge >= 0.3 is 0 Å². The Bertz CT molecular complexity index is 839. The Balaban J connectivity index is 1.68. The van der Waals surface area contributed by atoms with Gasteiger partial charge in [-0.2, -0.15) is 0 Å². The molecule has 2 nitrogen and oxygen atoms in total. The van der Waals surface area contributed by atoms with Gasteiger partial charge in [0.1, 0.15) is 0 Å². The molecule has 1 amide bonds. The van der Waals surface area contributed by atoms with Crippen LogP contribution in [0, 0.1) is 0 Å². The molecule has 1 heterocycles. The number of anilines is 1. The first-order valence-corrected chi connectivity index (χ1v) is 8.36. The summed E-state index contributed by atoms with van der Waals surface area (Å²) in [6.07, 6.45) is 3.33. The van der Waals surface area contributed by atoms with Crippen molar-refractivity contribution in [1.82, 2.24) is 0 Å². The van der Waals surface area contributed by atoms with Crippen molar-refractivity contribution in [3.8, 4) is 11.1 Å². The van der Waals surface area contributed by atoms with Crippen LogP contribution in [-0.4, -0.2) is 5.91 Å². The number of rotatable bonds is 4. The fourth-order valence-corrected chi connectivity index (χ4v) is 3.11. The molecule has 2 aromatic carbocycles. The Kier molecular flexibility index (Phi) is 4.91. The molecule has 0 radical (unpaired) electrons. The third kappa shape index (κ3) is 4.09. The maximum atomic E-state index is 12.0. The minimum absolute atomic E-state index is 0.201. The lowest BCUT2D eigenvalue weighted by atomic mass is 10.1. The van der Waals surface area contributed by atoms with E-state index in [1.807, 2.05) is 36.4 Å². The molecule has 3 aromatic rings. The van der Waals surface area contributed by atoms with Crippen LogP contribution in [0.3, 0.4) is 0 Å². The molecule has 3 rings (SSSR count). The topological polar surface area (TPSA) is 29.1 Å². The largest absolute Gasteiger partial charge is 0.321 e. The van der Waals surface area contributed by atoms with E-state index >= 15 is 0 Å². The van der Waals surface area contributed by atoms with Crippen LogP contribution in [0.2, 0.25) is 5.02 Å². The molecule has 0 aliphatic carbocycles. The van der Waals surface area contributed by atoms with Crippen molar-refractivity contribution in [3.05, 3.63) is 82.0 Å². The Morgan fingerprint density at radius 3 is 2.52 bits per heavy atom. The predicted molar refractivity (Wildman–Crippen MR) is 98.9 cm³/mol. The number of carbonyl (C=O) groups is 1. The molecule has 23 heavy (non-hydrogen) atoms. The van der Waals surface area contributed by atoms with Crippen LogP contribution in [0.1, 0.15) is 4.88 Å². The van der Waals surface area contributed by atoms with Gasteiger partial charge in [0.05, 0.1) is 10.7 Å². The first-order valence-electron chi connectivity index (χ1n) is 7.10. The van der Waals surface area contributed by atoms with Gasteiger partial charge in [0.2, 0.25) is 5.91 Å². The smallest absolute Gasteiger partial charge is 0.248 e. The molecule has 0 atom stereocenters. The quantitative estimate of drug-likeness (QED) is 0.605. The SMILES string of the molecule is O=C(/C=C/c1cc(-c2ccccc2)cs1)Nc1ccccc1Cl. The van der Waals surface area contributed by atoms with E-state index in [0.29, 0.717) is 10.7 Å². The average molecular weight is 340 g/mol. The van der Waals surface area contributed by atoms with E-state index in [4.69, 9.17) is 11.6 Å². The zero-order chi connectivity index (χ0) is 16.1. The van der Waals surface area contributed by atoms with Crippen molar-refractivity contribution in [2.75, 3.05) is 5.32 Å². The molecule has 0 bridgehead atoms. The molecule has 0 saturated carbocycles. The van der Waals surface area contributed by atoms with Crippen LogP contribution in [-0.2, 0) is 4.79 Å². The van der Waals surface area contributed by atoms with Gasteiger partial charge in [0.25, 0.3) is 0 Å².